The Kier molecular flexibility index (Phi) is 7.87. The summed E-state index contributed by atoms with van der Waals surface area (Å²) >= 11 is 1.80. The normalized spacial score (nSPS) is 18.3. The molecule has 1 heterocycles. The van der Waals surface area contributed by atoms with Gasteiger partial charge in [-0.2, -0.15) is 0 Å². The first-order valence-corrected chi connectivity index (χ1v) is 11.5. The Balaban J connectivity index is 1.60. The average Bonchev–Trinajstić information content (AvgIpc) is 2.70. The van der Waals surface area contributed by atoms with E-state index in [2.05, 4.69) is 6.07 Å². The molecule has 3 N–H and O–H groups in total. The van der Waals surface area contributed by atoms with Crippen LogP contribution in [-0.4, -0.2) is 27.0 Å². The van der Waals surface area contributed by atoms with Gasteiger partial charge in [-0.15, -0.1) is 11.8 Å². The van der Waals surface area contributed by atoms with Gasteiger partial charge in [0.2, 0.25) is 0 Å². The SMILES string of the molecule is O=C(O)CCCCCCCC[C@@H]1c2ccc(O)cc2SCC1c1ccc(O)cc1. The molecule has 1 aliphatic rings. The van der Waals surface area contributed by atoms with Crippen molar-refractivity contribution in [1.29, 1.82) is 0 Å². The molecule has 156 valence electrons. The maximum absolute atomic E-state index is 10.6. The molecule has 0 aromatic heterocycles. The maximum Gasteiger partial charge on any atom is 0.303 e. The van der Waals surface area contributed by atoms with E-state index in [0.717, 1.165) is 50.7 Å². The Hall–Kier alpha value is -2.14. The molecule has 3 rings (SSSR count). The highest BCUT2D eigenvalue weighted by atomic mass is 32.2. The summed E-state index contributed by atoms with van der Waals surface area (Å²) in [6.07, 6.45) is 7.68. The van der Waals surface area contributed by atoms with Crippen molar-refractivity contribution in [2.75, 3.05) is 5.75 Å². The minimum Gasteiger partial charge on any atom is -0.508 e. The number of carboxylic acid groups (broad SMARTS) is 1. The number of carboxylic acids is 1. The topological polar surface area (TPSA) is 77.8 Å². The third kappa shape index (κ3) is 6.17. The number of unbranched alkanes of at least 4 members (excludes halogenated alkanes) is 5. The van der Waals surface area contributed by atoms with Crippen molar-refractivity contribution < 1.29 is 20.1 Å². The molecule has 0 bridgehead atoms. The zero-order valence-corrected chi connectivity index (χ0v) is 17.5. The van der Waals surface area contributed by atoms with Crippen LogP contribution >= 0.6 is 11.8 Å². The quantitative estimate of drug-likeness (QED) is 0.399. The number of thioether (sulfide) groups is 1. The number of phenols is 2. The lowest BCUT2D eigenvalue weighted by Crippen LogP contribution is -2.19. The fourth-order valence-corrected chi connectivity index (χ4v) is 5.60. The molecule has 0 amide bonds. The van der Waals surface area contributed by atoms with Gasteiger partial charge in [-0.05, 0) is 54.2 Å². The van der Waals surface area contributed by atoms with Crippen molar-refractivity contribution in [3.63, 3.8) is 0 Å². The maximum atomic E-state index is 10.6. The highest BCUT2D eigenvalue weighted by Crippen LogP contribution is 2.49. The molecule has 0 aliphatic carbocycles. The van der Waals surface area contributed by atoms with E-state index in [0.29, 0.717) is 23.3 Å². The van der Waals surface area contributed by atoms with Crippen LogP contribution in [0.4, 0.5) is 0 Å². The smallest absolute Gasteiger partial charge is 0.303 e. The number of hydrogen-bond acceptors (Lipinski definition) is 4. The molecule has 2 aromatic carbocycles. The third-order valence-electron chi connectivity index (χ3n) is 5.78. The van der Waals surface area contributed by atoms with Gasteiger partial charge < -0.3 is 15.3 Å². The molecule has 0 fully saturated rings. The van der Waals surface area contributed by atoms with Crippen LogP contribution in [0, 0.1) is 0 Å². The minimum atomic E-state index is -0.704. The van der Waals surface area contributed by atoms with Crippen LogP contribution in [0.15, 0.2) is 47.4 Å². The van der Waals surface area contributed by atoms with Gasteiger partial charge in [0.1, 0.15) is 11.5 Å². The van der Waals surface area contributed by atoms with Crippen molar-refractivity contribution in [3.05, 3.63) is 53.6 Å². The van der Waals surface area contributed by atoms with Crippen LogP contribution < -0.4 is 0 Å². The number of rotatable bonds is 10. The van der Waals surface area contributed by atoms with Crippen LogP contribution in [0.2, 0.25) is 0 Å². The molecule has 5 heteroatoms. The van der Waals surface area contributed by atoms with Gasteiger partial charge in [0.15, 0.2) is 0 Å². The average molecular weight is 415 g/mol. The van der Waals surface area contributed by atoms with E-state index in [9.17, 15) is 15.0 Å². The lowest BCUT2D eigenvalue weighted by atomic mass is 9.79. The molecular weight excluding hydrogens is 384 g/mol. The Morgan fingerprint density at radius 3 is 2.28 bits per heavy atom. The summed E-state index contributed by atoms with van der Waals surface area (Å²) in [4.78, 5) is 11.7. The molecule has 2 aromatic rings. The zero-order chi connectivity index (χ0) is 20.6. The van der Waals surface area contributed by atoms with Crippen LogP contribution in [0.25, 0.3) is 0 Å². The Labute approximate surface area is 177 Å². The number of aromatic hydroxyl groups is 2. The van der Waals surface area contributed by atoms with E-state index in [1.165, 1.54) is 16.0 Å². The van der Waals surface area contributed by atoms with Gasteiger partial charge in [-0.25, -0.2) is 0 Å². The monoisotopic (exact) mass is 414 g/mol. The highest BCUT2D eigenvalue weighted by Gasteiger charge is 2.31. The lowest BCUT2D eigenvalue weighted by molar-refractivity contribution is -0.137. The Morgan fingerprint density at radius 2 is 1.55 bits per heavy atom. The molecule has 0 saturated heterocycles. The van der Waals surface area contributed by atoms with Gasteiger partial charge in [0, 0.05) is 23.0 Å². The van der Waals surface area contributed by atoms with Crippen molar-refractivity contribution in [2.24, 2.45) is 0 Å². The fraction of sp³-hybridized carbons (Fsp3) is 0.458. The second-order valence-corrected chi connectivity index (χ2v) is 8.95. The third-order valence-corrected chi connectivity index (χ3v) is 6.97. The first kappa shape index (κ1) is 21.6. The van der Waals surface area contributed by atoms with Crippen molar-refractivity contribution in [3.8, 4) is 11.5 Å². The highest BCUT2D eigenvalue weighted by molar-refractivity contribution is 7.99. The van der Waals surface area contributed by atoms with Gasteiger partial charge in [0.05, 0.1) is 0 Å². The summed E-state index contributed by atoms with van der Waals surface area (Å²) in [5.41, 5.74) is 2.58. The van der Waals surface area contributed by atoms with E-state index in [1.54, 1.807) is 30.0 Å². The second kappa shape index (κ2) is 10.6. The van der Waals surface area contributed by atoms with E-state index < -0.39 is 5.97 Å². The number of hydrogen-bond donors (Lipinski definition) is 3. The second-order valence-electron chi connectivity index (χ2n) is 7.89. The van der Waals surface area contributed by atoms with Crippen molar-refractivity contribution in [2.45, 2.75) is 68.1 Å². The molecule has 2 atom stereocenters. The lowest BCUT2D eigenvalue weighted by Gasteiger charge is -2.34. The van der Waals surface area contributed by atoms with Crippen LogP contribution in [-0.2, 0) is 4.79 Å². The summed E-state index contributed by atoms with van der Waals surface area (Å²) in [5, 5.41) is 28.2. The Morgan fingerprint density at radius 1 is 0.897 bits per heavy atom. The van der Waals surface area contributed by atoms with Gasteiger partial charge in [-0.1, -0.05) is 50.3 Å². The number of carbonyl (C=O) groups is 1. The van der Waals surface area contributed by atoms with Crippen molar-refractivity contribution in [1.82, 2.24) is 0 Å². The van der Waals surface area contributed by atoms with E-state index in [1.807, 2.05) is 18.2 Å². The van der Waals surface area contributed by atoms with Gasteiger partial charge in [0.25, 0.3) is 0 Å². The number of phenolic OH excluding ortho intramolecular Hbond substituents is 2. The van der Waals surface area contributed by atoms with E-state index in [-0.39, 0.29) is 6.42 Å². The molecular formula is C24H30O4S. The largest absolute Gasteiger partial charge is 0.508 e. The molecule has 4 nitrogen and oxygen atoms in total. The van der Waals surface area contributed by atoms with E-state index >= 15 is 0 Å². The first-order chi connectivity index (χ1) is 14.0. The summed E-state index contributed by atoms with van der Waals surface area (Å²) in [7, 11) is 0. The van der Waals surface area contributed by atoms with E-state index in [4.69, 9.17) is 5.11 Å². The summed E-state index contributed by atoms with van der Waals surface area (Å²) in [6, 6.07) is 13.3. The Bertz CT molecular complexity index is 803. The standard InChI is InChI=1S/C24H30O4S/c25-18-11-9-17(10-12-18)22-16-29-23-15-19(26)13-14-21(23)20(22)7-5-3-1-2-4-6-8-24(27)28/h9-15,20,22,25-26H,1-8,16H2,(H,27,28)/t20-,22?/m1/s1. The number of fused-ring (bicyclic) bond motifs is 1. The molecule has 0 saturated carbocycles. The first-order valence-electron chi connectivity index (χ1n) is 10.5. The number of aliphatic carboxylic acids is 1. The van der Waals surface area contributed by atoms with Crippen LogP contribution in [0.1, 0.15) is 74.3 Å². The molecule has 29 heavy (non-hydrogen) atoms. The van der Waals surface area contributed by atoms with Gasteiger partial charge >= 0.3 is 5.97 Å². The predicted octanol–water partition coefficient (Wildman–Crippen LogP) is 6.28. The summed E-state index contributed by atoms with van der Waals surface area (Å²) < 4.78 is 0. The summed E-state index contributed by atoms with van der Waals surface area (Å²) in [5.74, 6) is 1.68. The van der Waals surface area contributed by atoms with Crippen LogP contribution in [0.3, 0.4) is 0 Å². The summed E-state index contributed by atoms with van der Waals surface area (Å²) in [6.45, 7) is 0. The molecule has 1 unspecified atom stereocenters. The molecule has 0 radical (unpaired) electrons. The van der Waals surface area contributed by atoms with Crippen LogP contribution in [0.5, 0.6) is 11.5 Å². The fourth-order valence-electron chi connectivity index (χ4n) is 4.22. The van der Waals surface area contributed by atoms with Gasteiger partial charge in [-0.3, -0.25) is 4.79 Å². The molecule has 1 aliphatic heterocycles. The minimum absolute atomic E-state index is 0.275. The molecule has 0 spiro atoms. The van der Waals surface area contributed by atoms with Crippen molar-refractivity contribution >= 4 is 17.7 Å². The predicted molar refractivity (Wildman–Crippen MR) is 117 cm³/mol. The number of benzene rings is 2. The zero-order valence-electron chi connectivity index (χ0n) is 16.7.